The van der Waals surface area contributed by atoms with Crippen molar-refractivity contribution < 1.29 is 14.6 Å². The van der Waals surface area contributed by atoms with Gasteiger partial charge in [0.05, 0.1) is 14.2 Å². The molecule has 0 aliphatic rings. The average Bonchev–Trinajstić information content (AvgIpc) is 2.65. The van der Waals surface area contributed by atoms with E-state index in [1.807, 2.05) is 18.2 Å². The fourth-order valence-electron chi connectivity index (χ4n) is 3.09. The van der Waals surface area contributed by atoms with Crippen LogP contribution in [0.1, 0.15) is 39.2 Å². The van der Waals surface area contributed by atoms with Crippen LogP contribution in [-0.2, 0) is 6.42 Å². The molecule has 0 heterocycles. The van der Waals surface area contributed by atoms with Crippen molar-refractivity contribution in [3.05, 3.63) is 23.8 Å². The molecule has 0 aromatic heterocycles. The number of methoxy groups -OCH3 is 2. The molecule has 0 bridgehead atoms. The van der Waals surface area contributed by atoms with Crippen molar-refractivity contribution in [1.82, 2.24) is 10.6 Å². The summed E-state index contributed by atoms with van der Waals surface area (Å²) in [5, 5.41) is 16.0. The van der Waals surface area contributed by atoms with Crippen LogP contribution in [0.15, 0.2) is 23.2 Å². The maximum Gasteiger partial charge on any atom is 0.191 e. The smallest absolute Gasteiger partial charge is 0.191 e. The van der Waals surface area contributed by atoms with E-state index >= 15 is 0 Å². The van der Waals surface area contributed by atoms with Crippen LogP contribution in [-0.4, -0.2) is 51.5 Å². The average molecular weight is 507 g/mol. The highest BCUT2D eigenvalue weighted by molar-refractivity contribution is 14.0. The lowest BCUT2D eigenvalue weighted by atomic mass is 9.94. The van der Waals surface area contributed by atoms with Crippen LogP contribution in [0.2, 0.25) is 0 Å². The molecule has 1 atom stereocenters. The quantitative estimate of drug-likeness (QED) is 0.230. The Hall–Kier alpha value is -1.22. The van der Waals surface area contributed by atoms with Crippen molar-refractivity contribution in [3.63, 3.8) is 0 Å². The molecule has 3 N–H and O–H groups in total. The van der Waals surface area contributed by atoms with Gasteiger partial charge < -0.3 is 25.2 Å². The number of nitrogens with zero attached hydrogens (tertiary/aromatic N) is 1. The number of halogens is 1. The van der Waals surface area contributed by atoms with Gasteiger partial charge in [0.1, 0.15) is 11.5 Å². The molecular formula is C21H38IN3O3. The molecule has 0 saturated heterocycles. The predicted octanol–water partition coefficient (Wildman–Crippen LogP) is 3.46. The van der Waals surface area contributed by atoms with Crippen LogP contribution < -0.4 is 20.1 Å². The number of aliphatic hydroxyl groups excluding tert-OH is 1. The zero-order valence-corrected chi connectivity index (χ0v) is 20.3. The fraction of sp³-hybridized carbons (Fsp3) is 0.667. The third-order valence-electron chi connectivity index (χ3n) is 4.37. The van der Waals surface area contributed by atoms with Crippen LogP contribution in [0.4, 0.5) is 0 Å². The van der Waals surface area contributed by atoms with Gasteiger partial charge in [-0.3, -0.25) is 4.99 Å². The standard InChI is InChI=1S/C21H37N3O3.HI/c1-6-22-21(24-15-17(10-12-25)13-16(2)3)23-11-9-18-14-19(26-4)7-8-20(18)27-5;/h7-8,14,16-17,25H,6,9-13,15H2,1-5H3,(H2,22,23,24);1H. The van der Waals surface area contributed by atoms with E-state index in [-0.39, 0.29) is 30.6 Å². The second-order valence-electron chi connectivity index (χ2n) is 7.08. The van der Waals surface area contributed by atoms with Gasteiger partial charge in [0.2, 0.25) is 0 Å². The highest BCUT2D eigenvalue weighted by atomic mass is 127. The number of hydrogen-bond acceptors (Lipinski definition) is 4. The molecule has 0 fully saturated rings. The van der Waals surface area contributed by atoms with Crippen molar-refractivity contribution in [2.75, 3.05) is 40.5 Å². The molecule has 1 aromatic carbocycles. The summed E-state index contributed by atoms with van der Waals surface area (Å²) in [7, 11) is 3.35. The molecule has 0 amide bonds. The minimum atomic E-state index is 0. The van der Waals surface area contributed by atoms with E-state index < -0.39 is 0 Å². The molecule has 0 aliphatic heterocycles. The number of nitrogens with one attached hydrogen (secondary N) is 2. The molecule has 1 unspecified atom stereocenters. The lowest BCUT2D eigenvalue weighted by molar-refractivity contribution is 0.245. The van der Waals surface area contributed by atoms with Gasteiger partial charge in [-0.15, -0.1) is 24.0 Å². The van der Waals surface area contributed by atoms with Crippen molar-refractivity contribution in [1.29, 1.82) is 0 Å². The van der Waals surface area contributed by atoms with E-state index in [1.165, 1.54) is 0 Å². The van der Waals surface area contributed by atoms with Crippen molar-refractivity contribution in [2.45, 2.75) is 40.0 Å². The first-order chi connectivity index (χ1) is 13.0. The monoisotopic (exact) mass is 507 g/mol. The summed E-state index contributed by atoms with van der Waals surface area (Å²) in [5.41, 5.74) is 1.10. The first kappa shape index (κ1) is 26.8. The number of benzene rings is 1. The summed E-state index contributed by atoms with van der Waals surface area (Å²) in [6.45, 7) is 8.95. The van der Waals surface area contributed by atoms with Crippen molar-refractivity contribution >= 4 is 29.9 Å². The molecule has 0 radical (unpaired) electrons. The Morgan fingerprint density at radius 2 is 1.93 bits per heavy atom. The largest absolute Gasteiger partial charge is 0.497 e. The molecule has 0 aliphatic carbocycles. The van der Waals surface area contributed by atoms with Gasteiger partial charge in [0, 0.05) is 26.2 Å². The molecular weight excluding hydrogens is 469 g/mol. The topological polar surface area (TPSA) is 75.1 Å². The Morgan fingerprint density at radius 3 is 2.50 bits per heavy atom. The van der Waals surface area contributed by atoms with Gasteiger partial charge >= 0.3 is 0 Å². The lowest BCUT2D eigenvalue weighted by Crippen LogP contribution is -2.38. The van der Waals surface area contributed by atoms with E-state index in [9.17, 15) is 5.11 Å². The molecule has 6 nitrogen and oxygen atoms in total. The van der Waals surface area contributed by atoms with Gasteiger partial charge in [-0.1, -0.05) is 13.8 Å². The SMILES string of the molecule is CCNC(=NCC(CCO)CC(C)C)NCCc1cc(OC)ccc1OC.I. The second kappa shape index (κ2) is 15.7. The first-order valence-corrected chi connectivity index (χ1v) is 9.87. The highest BCUT2D eigenvalue weighted by Crippen LogP contribution is 2.24. The summed E-state index contributed by atoms with van der Waals surface area (Å²) in [6, 6.07) is 5.83. The Labute approximate surface area is 187 Å². The van der Waals surface area contributed by atoms with Crippen LogP contribution in [0.5, 0.6) is 11.5 Å². The first-order valence-electron chi connectivity index (χ1n) is 9.87. The summed E-state index contributed by atoms with van der Waals surface area (Å²) in [5.74, 6) is 3.51. The van der Waals surface area contributed by atoms with Crippen molar-refractivity contribution in [2.24, 2.45) is 16.8 Å². The van der Waals surface area contributed by atoms with E-state index in [0.717, 1.165) is 61.9 Å². The summed E-state index contributed by atoms with van der Waals surface area (Å²) in [4.78, 5) is 4.72. The predicted molar refractivity (Wildman–Crippen MR) is 127 cm³/mol. The zero-order chi connectivity index (χ0) is 20.1. The fourth-order valence-corrected chi connectivity index (χ4v) is 3.09. The summed E-state index contributed by atoms with van der Waals surface area (Å²) in [6.07, 6.45) is 2.67. The number of guanidine groups is 1. The highest BCUT2D eigenvalue weighted by Gasteiger charge is 2.11. The summed E-state index contributed by atoms with van der Waals surface area (Å²) >= 11 is 0. The number of aliphatic imine (C=N–C) groups is 1. The Balaban J connectivity index is 0.00000729. The normalized spacial score (nSPS) is 12.3. The second-order valence-corrected chi connectivity index (χ2v) is 7.08. The summed E-state index contributed by atoms with van der Waals surface area (Å²) < 4.78 is 10.7. The Bertz CT molecular complexity index is 568. The van der Waals surface area contributed by atoms with Crippen LogP contribution >= 0.6 is 24.0 Å². The zero-order valence-electron chi connectivity index (χ0n) is 18.0. The maximum atomic E-state index is 9.28. The number of ether oxygens (including phenoxy) is 2. The van der Waals surface area contributed by atoms with Gasteiger partial charge in [-0.2, -0.15) is 0 Å². The van der Waals surface area contributed by atoms with Crippen LogP contribution in [0, 0.1) is 11.8 Å². The minimum absolute atomic E-state index is 0. The Kier molecular flexibility index (Phi) is 15.0. The molecule has 162 valence electrons. The molecule has 7 heteroatoms. The molecule has 0 saturated carbocycles. The lowest BCUT2D eigenvalue weighted by Gasteiger charge is -2.18. The third-order valence-corrected chi connectivity index (χ3v) is 4.37. The number of rotatable bonds is 12. The van der Waals surface area contributed by atoms with Gasteiger partial charge in [-0.05, 0) is 61.8 Å². The molecule has 28 heavy (non-hydrogen) atoms. The van der Waals surface area contributed by atoms with E-state index in [0.29, 0.717) is 11.8 Å². The molecule has 0 spiro atoms. The molecule has 1 aromatic rings. The minimum Gasteiger partial charge on any atom is -0.497 e. The van der Waals surface area contributed by atoms with Gasteiger partial charge in [-0.25, -0.2) is 0 Å². The van der Waals surface area contributed by atoms with E-state index in [2.05, 4.69) is 31.4 Å². The van der Waals surface area contributed by atoms with Crippen LogP contribution in [0.3, 0.4) is 0 Å². The maximum absolute atomic E-state index is 9.28. The third kappa shape index (κ3) is 10.4. The van der Waals surface area contributed by atoms with Gasteiger partial charge in [0.25, 0.3) is 0 Å². The number of hydrogen-bond donors (Lipinski definition) is 3. The van der Waals surface area contributed by atoms with Crippen LogP contribution in [0.25, 0.3) is 0 Å². The van der Waals surface area contributed by atoms with E-state index in [1.54, 1.807) is 14.2 Å². The van der Waals surface area contributed by atoms with Crippen molar-refractivity contribution in [3.8, 4) is 11.5 Å². The number of aliphatic hydroxyl groups is 1. The molecule has 1 rings (SSSR count). The van der Waals surface area contributed by atoms with Gasteiger partial charge in [0.15, 0.2) is 5.96 Å². The van der Waals surface area contributed by atoms with E-state index in [4.69, 9.17) is 14.5 Å². The Morgan fingerprint density at radius 1 is 1.18 bits per heavy atom.